The van der Waals surface area contributed by atoms with E-state index in [2.05, 4.69) is 4.72 Å². The van der Waals surface area contributed by atoms with Crippen molar-refractivity contribution in [2.45, 2.75) is 57.6 Å². The molecule has 0 saturated carbocycles. The van der Waals surface area contributed by atoms with Gasteiger partial charge in [-0.3, -0.25) is 4.79 Å². The highest BCUT2D eigenvalue weighted by Crippen LogP contribution is 2.17. The molecule has 0 fully saturated rings. The smallest absolute Gasteiger partial charge is 0.307 e. The number of esters is 1. The first kappa shape index (κ1) is 20.6. The molecule has 0 aliphatic carbocycles. The molecule has 7 heteroatoms. The van der Waals surface area contributed by atoms with E-state index >= 15 is 0 Å². The van der Waals surface area contributed by atoms with Crippen molar-refractivity contribution in [2.24, 2.45) is 5.92 Å². The maximum Gasteiger partial charge on any atom is 0.307 e. The Balaban J connectivity index is 2.93. The minimum Gasteiger partial charge on any atom is -0.460 e. The maximum atomic E-state index is 12.5. The van der Waals surface area contributed by atoms with Crippen molar-refractivity contribution in [3.63, 3.8) is 0 Å². The van der Waals surface area contributed by atoms with E-state index in [-0.39, 0.29) is 17.9 Å². The zero-order chi connectivity index (χ0) is 18.5. The van der Waals surface area contributed by atoms with Gasteiger partial charge in [-0.25, -0.2) is 13.1 Å². The van der Waals surface area contributed by atoms with Gasteiger partial charge in [0.1, 0.15) is 5.60 Å². The maximum absolute atomic E-state index is 12.5. The number of ether oxygens (including phenoxy) is 1. The normalized spacial score (nSPS) is 14.9. The van der Waals surface area contributed by atoms with Gasteiger partial charge in [-0.05, 0) is 45.7 Å². The molecule has 0 aromatic heterocycles. The van der Waals surface area contributed by atoms with E-state index in [1.54, 1.807) is 39.8 Å². The summed E-state index contributed by atoms with van der Waals surface area (Å²) in [6.07, 6.45) is -0.149. The van der Waals surface area contributed by atoms with E-state index in [0.29, 0.717) is 0 Å². The van der Waals surface area contributed by atoms with Crippen molar-refractivity contribution in [3.8, 4) is 0 Å². The first-order valence-electron chi connectivity index (χ1n) is 7.86. The molecule has 1 rings (SSSR count). The van der Waals surface area contributed by atoms with Crippen LogP contribution in [0.1, 0.15) is 39.7 Å². The summed E-state index contributed by atoms with van der Waals surface area (Å²) in [5, 5.41) is 9.37. The molecule has 24 heavy (non-hydrogen) atoms. The van der Waals surface area contributed by atoms with E-state index in [1.807, 2.05) is 6.92 Å². The molecule has 1 aromatic carbocycles. The summed E-state index contributed by atoms with van der Waals surface area (Å²) in [6, 6.07) is 5.66. The summed E-state index contributed by atoms with van der Waals surface area (Å²) in [7, 11) is -3.79. The number of sulfonamides is 1. The van der Waals surface area contributed by atoms with Crippen LogP contribution in [0.2, 0.25) is 0 Å². The highest BCUT2D eigenvalue weighted by Gasteiger charge is 2.28. The number of rotatable bonds is 7. The van der Waals surface area contributed by atoms with E-state index in [1.165, 1.54) is 12.1 Å². The monoisotopic (exact) mass is 357 g/mol. The van der Waals surface area contributed by atoms with Crippen LogP contribution in [0.15, 0.2) is 29.2 Å². The van der Waals surface area contributed by atoms with Crippen molar-refractivity contribution in [1.29, 1.82) is 0 Å². The molecule has 2 N–H and O–H groups in total. The summed E-state index contributed by atoms with van der Waals surface area (Å²) in [5.74, 6) is -0.947. The van der Waals surface area contributed by atoms with Crippen molar-refractivity contribution in [2.75, 3.05) is 6.61 Å². The lowest BCUT2D eigenvalue weighted by Crippen LogP contribution is -2.43. The summed E-state index contributed by atoms with van der Waals surface area (Å²) >= 11 is 0. The molecule has 2 atom stereocenters. The Morgan fingerprint density at radius 3 is 2.25 bits per heavy atom. The zero-order valence-electron chi connectivity index (χ0n) is 14.9. The molecular formula is C17H27NO5S. The van der Waals surface area contributed by atoms with Crippen LogP contribution < -0.4 is 4.72 Å². The summed E-state index contributed by atoms with van der Waals surface area (Å²) in [4.78, 5) is 12.1. The van der Waals surface area contributed by atoms with Gasteiger partial charge in [0.05, 0.1) is 11.3 Å². The van der Waals surface area contributed by atoms with E-state index in [9.17, 15) is 18.3 Å². The summed E-state index contributed by atoms with van der Waals surface area (Å²) < 4.78 is 32.7. The molecule has 1 aromatic rings. The van der Waals surface area contributed by atoms with Crippen LogP contribution in [0, 0.1) is 12.8 Å². The predicted octanol–water partition coefficient (Wildman–Crippen LogP) is 2.00. The van der Waals surface area contributed by atoms with E-state index < -0.39 is 33.6 Å². The summed E-state index contributed by atoms with van der Waals surface area (Å²) in [5.41, 5.74) is 0.294. The predicted molar refractivity (Wildman–Crippen MR) is 92.0 cm³/mol. The fourth-order valence-electron chi connectivity index (χ4n) is 2.03. The average molecular weight is 357 g/mol. The second-order valence-corrected chi connectivity index (χ2v) is 8.71. The van der Waals surface area contributed by atoms with Gasteiger partial charge in [0.2, 0.25) is 10.0 Å². The van der Waals surface area contributed by atoms with Crippen molar-refractivity contribution in [1.82, 2.24) is 4.72 Å². The molecule has 0 saturated heterocycles. The minimum absolute atomic E-state index is 0.118. The summed E-state index contributed by atoms with van der Waals surface area (Å²) in [6.45, 7) is 8.52. The minimum atomic E-state index is -3.79. The van der Waals surface area contributed by atoms with Crippen molar-refractivity contribution < 1.29 is 23.1 Å². The van der Waals surface area contributed by atoms with Gasteiger partial charge in [0.25, 0.3) is 0 Å². The number of hydrogen-bond acceptors (Lipinski definition) is 5. The molecule has 136 valence electrons. The van der Waals surface area contributed by atoms with E-state index in [0.717, 1.165) is 5.56 Å². The molecule has 0 aliphatic rings. The number of carbonyl (C=O) groups is 1. The number of aliphatic hydroxyl groups excluding tert-OH is 1. The topological polar surface area (TPSA) is 92.7 Å². The van der Waals surface area contributed by atoms with Crippen LogP contribution in [0.5, 0.6) is 0 Å². The third-order valence-electron chi connectivity index (χ3n) is 3.42. The van der Waals surface area contributed by atoms with Crippen LogP contribution in [0.3, 0.4) is 0 Å². The van der Waals surface area contributed by atoms with Crippen LogP contribution in [-0.2, 0) is 19.6 Å². The Hall–Kier alpha value is -1.44. The van der Waals surface area contributed by atoms with Crippen LogP contribution in [0.4, 0.5) is 0 Å². The average Bonchev–Trinajstić information content (AvgIpc) is 2.44. The number of hydrogen-bond donors (Lipinski definition) is 2. The lowest BCUT2D eigenvalue weighted by molar-refractivity contribution is -0.155. The molecule has 0 radical (unpaired) electrons. The Bertz CT molecular complexity index is 647. The Morgan fingerprint density at radius 1 is 1.25 bits per heavy atom. The molecule has 0 spiro atoms. The van der Waals surface area contributed by atoms with Crippen LogP contribution in [0.25, 0.3) is 0 Å². The van der Waals surface area contributed by atoms with Gasteiger partial charge in [-0.15, -0.1) is 0 Å². The van der Waals surface area contributed by atoms with Gasteiger partial charge in [-0.2, -0.15) is 0 Å². The number of nitrogens with one attached hydrogen (secondary N) is 1. The molecule has 0 heterocycles. The van der Waals surface area contributed by atoms with Gasteiger partial charge in [-0.1, -0.05) is 24.6 Å². The third-order valence-corrected chi connectivity index (χ3v) is 4.93. The highest BCUT2D eigenvalue weighted by molar-refractivity contribution is 7.89. The molecule has 6 nitrogen and oxygen atoms in total. The first-order valence-corrected chi connectivity index (χ1v) is 9.34. The molecule has 0 bridgehead atoms. The number of benzene rings is 1. The van der Waals surface area contributed by atoms with Gasteiger partial charge in [0.15, 0.2) is 0 Å². The largest absolute Gasteiger partial charge is 0.460 e. The SMILES string of the molecule is Cc1ccc(S(=O)(=O)N[C@@H](CC(=O)OC(C)(C)C)[C@H](C)CO)cc1. The van der Waals surface area contributed by atoms with Gasteiger partial charge < -0.3 is 9.84 Å². The lowest BCUT2D eigenvalue weighted by Gasteiger charge is -2.25. The first-order chi connectivity index (χ1) is 10.9. The quantitative estimate of drug-likeness (QED) is 0.728. The van der Waals surface area contributed by atoms with Gasteiger partial charge >= 0.3 is 5.97 Å². The lowest BCUT2D eigenvalue weighted by atomic mass is 10.0. The Morgan fingerprint density at radius 2 is 1.79 bits per heavy atom. The van der Waals surface area contributed by atoms with Crippen molar-refractivity contribution in [3.05, 3.63) is 29.8 Å². The molecule has 0 aliphatic heterocycles. The zero-order valence-corrected chi connectivity index (χ0v) is 15.7. The second-order valence-electron chi connectivity index (χ2n) is 6.99. The number of aryl methyl sites for hydroxylation is 1. The van der Waals surface area contributed by atoms with Crippen LogP contribution in [-0.4, -0.2) is 37.7 Å². The fourth-order valence-corrected chi connectivity index (χ4v) is 3.38. The molecule has 0 unspecified atom stereocenters. The van der Waals surface area contributed by atoms with Gasteiger partial charge in [0, 0.05) is 12.6 Å². The standard InChI is InChI=1S/C17H27NO5S/c1-12-6-8-14(9-7-12)24(21,22)18-15(13(2)11-19)10-16(20)23-17(3,4)5/h6-9,13,15,18-19H,10-11H2,1-5H3/t13-,15+/m1/s1. The van der Waals surface area contributed by atoms with Crippen LogP contribution >= 0.6 is 0 Å². The second kappa shape index (κ2) is 8.09. The van der Waals surface area contributed by atoms with E-state index in [4.69, 9.17) is 4.74 Å². The fraction of sp³-hybridized carbons (Fsp3) is 0.588. The molecule has 0 amide bonds. The number of carbonyl (C=O) groups excluding carboxylic acids is 1. The Kier molecular flexibility index (Phi) is 6.95. The third kappa shape index (κ3) is 6.59. The number of aliphatic hydroxyl groups is 1. The highest BCUT2D eigenvalue weighted by atomic mass is 32.2. The molecular weight excluding hydrogens is 330 g/mol. The van der Waals surface area contributed by atoms with Crippen molar-refractivity contribution >= 4 is 16.0 Å². The Labute approximate surface area is 144 Å².